The van der Waals surface area contributed by atoms with Gasteiger partial charge in [-0.3, -0.25) is 0 Å². The third kappa shape index (κ3) is 7.85. The molecule has 3 heterocycles. The summed E-state index contributed by atoms with van der Waals surface area (Å²) in [5.41, 5.74) is 4.92. The molecule has 0 N–H and O–H groups in total. The molecule has 0 saturated heterocycles. The van der Waals surface area contributed by atoms with Crippen molar-refractivity contribution in [3.05, 3.63) is 94.9 Å². The van der Waals surface area contributed by atoms with Gasteiger partial charge in [0.25, 0.3) is 0 Å². The highest BCUT2D eigenvalue weighted by Gasteiger charge is 2.39. The monoisotopic (exact) mass is 906 g/mol. The minimum absolute atomic E-state index is 0.0138. The van der Waals surface area contributed by atoms with Crippen LogP contribution < -0.4 is 24.8 Å². The number of fused-ring (bicyclic) bond motifs is 4. The summed E-state index contributed by atoms with van der Waals surface area (Å²) >= 11 is 32.0. The number of thiol groups is 1. The van der Waals surface area contributed by atoms with E-state index in [2.05, 4.69) is 82.7 Å². The SMILES string of the molecule is CCCCN(CCS)S(=O)(=O)CC1=CC(C)(C)[N+](CC)=c2cc3c(cc21)=C(c1c(Cl)c(Cl)c(Cl)c(Cl)c1C(=O)OCC)c1cc2c(cc1O3)N(CC)C(C)(C)C=C2C. The average molecular weight is 909 g/mol. The molecule has 0 aromatic heterocycles. The number of likely N-dealkylation sites (N-methyl/N-ethyl adjacent to an activating group) is 2. The molecule has 3 aliphatic heterocycles. The lowest BCUT2D eigenvalue weighted by Crippen LogP contribution is -2.50. The second-order valence-corrected chi connectivity index (χ2v) is 19.9. The number of sulfonamides is 1. The Morgan fingerprint density at radius 2 is 1.59 bits per heavy atom. The fraction of sp³-hybridized carbons (Fsp3) is 0.455. The Morgan fingerprint density at radius 1 is 0.897 bits per heavy atom. The molecular weight excluding hydrogens is 856 g/mol. The lowest BCUT2D eigenvalue weighted by atomic mass is 9.83. The maximum atomic E-state index is 14.3. The maximum absolute atomic E-state index is 14.3. The highest BCUT2D eigenvalue weighted by Crippen LogP contribution is 2.50. The molecule has 312 valence electrons. The molecule has 3 aromatic rings. The summed E-state index contributed by atoms with van der Waals surface area (Å²) in [4.78, 5) is 16.3. The molecule has 8 nitrogen and oxygen atoms in total. The second-order valence-electron chi connectivity index (χ2n) is 16.0. The quantitative estimate of drug-likeness (QED) is 0.0474. The van der Waals surface area contributed by atoms with Crippen LogP contribution in [0.15, 0.2) is 36.4 Å². The predicted molar refractivity (Wildman–Crippen MR) is 245 cm³/mol. The van der Waals surface area contributed by atoms with Crippen LogP contribution in [0.25, 0.3) is 16.7 Å². The van der Waals surface area contributed by atoms with E-state index in [9.17, 15) is 13.2 Å². The number of ether oxygens (including phenoxy) is 2. The molecule has 0 bridgehead atoms. The number of carbonyl (C=O) groups excluding carboxylic acids is 1. The largest absolute Gasteiger partial charge is 0.462 e. The summed E-state index contributed by atoms with van der Waals surface area (Å²) in [5, 5.41) is 1.20. The van der Waals surface area contributed by atoms with Crippen molar-refractivity contribution >= 4 is 97.4 Å². The Labute approximate surface area is 368 Å². The Balaban J connectivity index is 1.78. The zero-order valence-corrected chi connectivity index (χ0v) is 39.3. The van der Waals surface area contributed by atoms with Crippen molar-refractivity contribution in [1.82, 2.24) is 8.88 Å². The van der Waals surface area contributed by atoms with Gasteiger partial charge in [0.1, 0.15) is 18.0 Å². The molecule has 3 aliphatic rings. The van der Waals surface area contributed by atoms with Gasteiger partial charge in [0.2, 0.25) is 15.4 Å². The first kappa shape index (κ1) is 44.8. The van der Waals surface area contributed by atoms with Crippen LogP contribution in [0.3, 0.4) is 0 Å². The van der Waals surface area contributed by atoms with Gasteiger partial charge in [0.05, 0.1) is 55.2 Å². The van der Waals surface area contributed by atoms with E-state index in [0.29, 0.717) is 64.4 Å². The van der Waals surface area contributed by atoms with E-state index in [1.165, 1.54) is 0 Å². The van der Waals surface area contributed by atoms with E-state index in [1.54, 1.807) is 11.2 Å². The third-order valence-electron chi connectivity index (χ3n) is 11.3. The number of hydrogen-bond acceptors (Lipinski definition) is 7. The smallest absolute Gasteiger partial charge is 0.340 e. The highest BCUT2D eigenvalue weighted by atomic mass is 35.5. The van der Waals surface area contributed by atoms with Crippen LogP contribution in [-0.4, -0.2) is 74.1 Å². The summed E-state index contributed by atoms with van der Waals surface area (Å²) in [6, 6.07) is 8.00. The van der Waals surface area contributed by atoms with Crippen LogP contribution in [0.4, 0.5) is 5.69 Å². The number of allylic oxidation sites excluding steroid dienone is 1. The number of benzene rings is 3. The summed E-state index contributed by atoms with van der Waals surface area (Å²) in [7, 11) is -3.77. The van der Waals surface area contributed by atoms with Gasteiger partial charge in [0.15, 0.2) is 5.54 Å². The van der Waals surface area contributed by atoms with E-state index >= 15 is 0 Å². The molecule has 0 aliphatic carbocycles. The number of unbranched alkanes of at least 4 members (excludes halogenated alkanes) is 1. The van der Waals surface area contributed by atoms with Crippen molar-refractivity contribution in [2.75, 3.05) is 49.2 Å². The van der Waals surface area contributed by atoms with Crippen molar-refractivity contribution in [2.24, 2.45) is 0 Å². The maximum Gasteiger partial charge on any atom is 0.340 e. The fourth-order valence-corrected chi connectivity index (χ4v) is 11.8. The summed E-state index contributed by atoms with van der Waals surface area (Å²) in [5.74, 6) is 0.471. The van der Waals surface area contributed by atoms with Gasteiger partial charge in [-0.1, -0.05) is 65.8 Å². The van der Waals surface area contributed by atoms with E-state index in [1.807, 2.05) is 31.2 Å². The Morgan fingerprint density at radius 3 is 2.21 bits per heavy atom. The van der Waals surface area contributed by atoms with Crippen LogP contribution in [0.1, 0.15) is 108 Å². The predicted octanol–water partition coefficient (Wildman–Crippen LogP) is 9.90. The van der Waals surface area contributed by atoms with E-state index in [4.69, 9.17) is 55.9 Å². The molecule has 0 saturated carbocycles. The molecule has 58 heavy (non-hydrogen) atoms. The Bertz CT molecular complexity index is 2510. The molecule has 0 radical (unpaired) electrons. The third-order valence-corrected chi connectivity index (χ3v) is 15.1. The molecule has 0 spiro atoms. The summed E-state index contributed by atoms with van der Waals surface area (Å²) in [6.45, 7) is 20.7. The van der Waals surface area contributed by atoms with Crippen LogP contribution in [0, 0.1) is 0 Å². The van der Waals surface area contributed by atoms with Gasteiger partial charge in [0, 0.05) is 78.5 Å². The average Bonchev–Trinajstić information content (AvgIpc) is 3.14. The van der Waals surface area contributed by atoms with Gasteiger partial charge < -0.3 is 14.4 Å². The van der Waals surface area contributed by atoms with E-state index in [0.717, 1.165) is 41.6 Å². The van der Waals surface area contributed by atoms with Crippen molar-refractivity contribution < 1.29 is 22.7 Å². The zero-order valence-electron chi connectivity index (χ0n) is 34.6. The van der Waals surface area contributed by atoms with Gasteiger partial charge in [-0.25, -0.2) is 22.1 Å². The second kappa shape index (κ2) is 17.0. The molecular formula is C44H52Cl4N3O5S2+. The van der Waals surface area contributed by atoms with Crippen molar-refractivity contribution in [1.29, 1.82) is 0 Å². The lowest BCUT2D eigenvalue weighted by Gasteiger charge is -2.43. The van der Waals surface area contributed by atoms with E-state index < -0.39 is 21.5 Å². The van der Waals surface area contributed by atoms with Gasteiger partial charge >= 0.3 is 5.97 Å². The molecule has 0 amide bonds. The number of esters is 1. The number of rotatable bonds is 13. The zero-order chi connectivity index (χ0) is 42.6. The highest BCUT2D eigenvalue weighted by molar-refractivity contribution is 7.89. The van der Waals surface area contributed by atoms with Gasteiger partial charge in [-0.2, -0.15) is 12.6 Å². The molecule has 0 unspecified atom stereocenters. The first-order chi connectivity index (χ1) is 27.3. The number of anilines is 1. The first-order valence-electron chi connectivity index (χ1n) is 19.8. The number of hydrogen-bond donors (Lipinski definition) is 1. The number of nitrogens with zero attached hydrogens (tertiary/aromatic N) is 3. The minimum atomic E-state index is -3.77. The molecule has 14 heteroatoms. The lowest BCUT2D eigenvalue weighted by molar-refractivity contribution is 0.0526. The molecule has 3 aromatic carbocycles. The van der Waals surface area contributed by atoms with Crippen LogP contribution >= 0.6 is 59.0 Å². The Kier molecular flexibility index (Phi) is 13.1. The van der Waals surface area contributed by atoms with Crippen LogP contribution in [0.5, 0.6) is 11.5 Å². The van der Waals surface area contributed by atoms with Crippen molar-refractivity contribution in [3.63, 3.8) is 0 Å². The number of carbonyl (C=O) groups is 1. The first-order valence-corrected chi connectivity index (χ1v) is 23.5. The van der Waals surface area contributed by atoms with Crippen molar-refractivity contribution in [2.45, 2.75) is 86.2 Å². The van der Waals surface area contributed by atoms with Gasteiger partial charge in [-0.15, -0.1) is 0 Å². The molecule has 0 fully saturated rings. The Hall–Kier alpha value is -2.70. The van der Waals surface area contributed by atoms with Gasteiger partial charge in [-0.05, 0) is 77.3 Å². The van der Waals surface area contributed by atoms with Crippen LogP contribution in [-0.2, 0) is 14.8 Å². The number of halogens is 4. The van der Waals surface area contributed by atoms with Crippen LogP contribution in [0.2, 0.25) is 20.1 Å². The van der Waals surface area contributed by atoms with Crippen molar-refractivity contribution in [3.8, 4) is 11.5 Å². The molecule has 0 atom stereocenters. The normalized spacial score (nSPS) is 16.6. The summed E-state index contributed by atoms with van der Waals surface area (Å²) < 4.78 is 44.9. The fourth-order valence-electron chi connectivity index (χ4n) is 8.80. The minimum Gasteiger partial charge on any atom is -0.462 e. The van der Waals surface area contributed by atoms with E-state index in [-0.39, 0.29) is 49.1 Å². The topological polar surface area (TPSA) is 79.2 Å². The standard InChI is InChI=1S/C44H51Cl4N3O5S2/c1-10-14-15-49(16-17-57)58(53,54)24-26-23-44(8,9)51(12-3)32-21-34-30(19-28(26)32)35(36-37(42(52)55-13-4)39(46)41(48)40(47)38(36)45)29-18-27-25(5)22-43(6,7)50(11-2)31(27)20-33(29)56-34/h18-23H,10-17,24H2,1-9H3/p+1. The molecule has 6 rings (SSSR count). The summed E-state index contributed by atoms with van der Waals surface area (Å²) in [6.07, 6.45) is 5.87.